The summed E-state index contributed by atoms with van der Waals surface area (Å²) in [6, 6.07) is 14.5. The zero-order chi connectivity index (χ0) is 33.5. The molecular weight excluding hydrogens is 605 g/mol. The third-order valence-corrected chi connectivity index (χ3v) is 8.38. The molecule has 47 heavy (non-hydrogen) atoms. The molecule has 3 heterocycles. The summed E-state index contributed by atoms with van der Waals surface area (Å²) in [5, 5.41) is 5.47. The van der Waals surface area contributed by atoms with Gasteiger partial charge in [-0.3, -0.25) is 19.6 Å². The Morgan fingerprint density at radius 1 is 0.851 bits per heavy atom. The number of hydrogen-bond acceptors (Lipinski definition) is 6. The lowest BCUT2D eigenvalue weighted by atomic mass is 9.85. The Balaban J connectivity index is 1.26. The number of anilines is 2. The molecule has 1 atom stereocenters. The van der Waals surface area contributed by atoms with E-state index < -0.39 is 29.5 Å². The van der Waals surface area contributed by atoms with E-state index in [2.05, 4.69) is 30.6 Å². The van der Waals surface area contributed by atoms with Crippen molar-refractivity contribution in [3.63, 3.8) is 0 Å². The predicted molar refractivity (Wildman–Crippen MR) is 172 cm³/mol. The molecule has 0 saturated carbocycles. The number of nitrogens with one attached hydrogen (secondary N) is 2. The fourth-order valence-electron chi connectivity index (χ4n) is 6.35. The van der Waals surface area contributed by atoms with Crippen LogP contribution >= 0.6 is 0 Å². The lowest BCUT2D eigenvalue weighted by molar-refractivity contribution is -0.138. The highest BCUT2D eigenvalue weighted by molar-refractivity contribution is 6.06. The predicted octanol–water partition coefficient (Wildman–Crippen LogP) is 7.77. The summed E-state index contributed by atoms with van der Waals surface area (Å²) < 4.78 is 43.6. The van der Waals surface area contributed by atoms with Crippen LogP contribution in [0.3, 0.4) is 0 Å². The molecule has 8 nitrogen and oxygen atoms in total. The van der Waals surface area contributed by atoms with Gasteiger partial charge in [0.05, 0.1) is 11.3 Å². The van der Waals surface area contributed by atoms with Gasteiger partial charge >= 0.3 is 6.18 Å². The number of nitrogens with zero attached hydrogens (tertiary/aromatic N) is 4. The lowest BCUT2D eigenvalue weighted by Crippen LogP contribution is -2.18. The van der Waals surface area contributed by atoms with Crippen LogP contribution in [0.2, 0.25) is 0 Å². The van der Waals surface area contributed by atoms with Gasteiger partial charge in [-0.05, 0) is 117 Å². The summed E-state index contributed by atoms with van der Waals surface area (Å²) in [4.78, 5) is 43.5. The summed E-state index contributed by atoms with van der Waals surface area (Å²) in [7, 11) is 0. The maximum Gasteiger partial charge on any atom is 0.416 e. The van der Waals surface area contributed by atoms with E-state index in [9.17, 15) is 22.8 Å². The second-order valence-corrected chi connectivity index (χ2v) is 11.7. The van der Waals surface area contributed by atoms with E-state index in [-0.39, 0.29) is 17.0 Å². The summed E-state index contributed by atoms with van der Waals surface area (Å²) >= 11 is 0. The molecule has 0 fully saturated rings. The lowest BCUT2D eigenvalue weighted by Gasteiger charge is -2.22. The molecule has 0 spiro atoms. The highest BCUT2D eigenvalue weighted by atomic mass is 19.4. The van der Waals surface area contributed by atoms with Crippen LogP contribution in [0.15, 0.2) is 73.2 Å². The van der Waals surface area contributed by atoms with Gasteiger partial charge in [-0.1, -0.05) is 6.07 Å². The summed E-state index contributed by atoms with van der Waals surface area (Å²) in [6.07, 6.45) is 0.963. The van der Waals surface area contributed by atoms with Crippen LogP contribution < -0.4 is 10.6 Å². The fraction of sp³-hybridized carbons (Fsp3) is 0.222. The minimum absolute atomic E-state index is 0.0666. The molecule has 0 saturated heterocycles. The molecule has 1 aliphatic rings. The fourth-order valence-corrected chi connectivity index (χ4v) is 6.35. The molecule has 2 amide bonds. The Morgan fingerprint density at radius 3 is 2.38 bits per heavy atom. The van der Waals surface area contributed by atoms with Gasteiger partial charge in [0.2, 0.25) is 5.82 Å². The number of carbonyl (C=O) groups is 2. The van der Waals surface area contributed by atoms with Crippen molar-refractivity contribution in [1.29, 1.82) is 0 Å². The maximum absolute atomic E-state index is 14.5. The van der Waals surface area contributed by atoms with Crippen molar-refractivity contribution in [2.75, 3.05) is 10.6 Å². The van der Waals surface area contributed by atoms with E-state index in [4.69, 9.17) is 0 Å². The molecule has 0 aliphatic heterocycles. The van der Waals surface area contributed by atoms with Crippen LogP contribution in [-0.2, 0) is 12.6 Å². The van der Waals surface area contributed by atoms with Gasteiger partial charge in [-0.25, -0.2) is 9.97 Å². The third kappa shape index (κ3) is 6.46. The molecular formula is C36H31F3N6O2. The Hall–Kier alpha value is -5.45. The highest BCUT2D eigenvalue weighted by Crippen LogP contribution is 2.47. The molecule has 11 heteroatoms. The number of amides is 2. The number of aromatic nitrogens is 4. The Bertz CT molecular complexity index is 2010. The first kappa shape index (κ1) is 31.5. The van der Waals surface area contributed by atoms with E-state index in [1.54, 1.807) is 55.7 Å². The highest BCUT2D eigenvalue weighted by Gasteiger charge is 2.41. The summed E-state index contributed by atoms with van der Waals surface area (Å²) in [5.74, 6) is -1.80. The second-order valence-electron chi connectivity index (χ2n) is 11.7. The van der Waals surface area contributed by atoms with Gasteiger partial charge in [0, 0.05) is 58.4 Å². The third-order valence-electron chi connectivity index (χ3n) is 8.38. The zero-order valence-electron chi connectivity index (χ0n) is 26.2. The van der Waals surface area contributed by atoms with Crippen molar-refractivity contribution in [2.24, 2.45) is 0 Å². The van der Waals surface area contributed by atoms with Gasteiger partial charge in [0.1, 0.15) is 0 Å². The van der Waals surface area contributed by atoms with Crippen molar-refractivity contribution in [2.45, 2.75) is 52.6 Å². The van der Waals surface area contributed by atoms with Crippen molar-refractivity contribution in [3.8, 4) is 11.3 Å². The van der Waals surface area contributed by atoms with Crippen LogP contribution in [0.25, 0.3) is 11.3 Å². The number of aryl methyl sites for hydroxylation is 5. The number of carbonyl (C=O) groups excluding carboxylic acids is 2. The van der Waals surface area contributed by atoms with E-state index in [0.29, 0.717) is 46.7 Å². The van der Waals surface area contributed by atoms with Crippen LogP contribution in [0.1, 0.15) is 78.1 Å². The second kappa shape index (κ2) is 12.4. The van der Waals surface area contributed by atoms with Crippen LogP contribution in [0, 0.1) is 27.7 Å². The van der Waals surface area contributed by atoms with Gasteiger partial charge in [-0.2, -0.15) is 13.2 Å². The van der Waals surface area contributed by atoms with Crippen molar-refractivity contribution in [1.82, 2.24) is 19.9 Å². The smallest absolute Gasteiger partial charge is 0.322 e. The van der Waals surface area contributed by atoms with E-state index in [0.717, 1.165) is 28.5 Å². The van der Waals surface area contributed by atoms with Crippen molar-refractivity contribution >= 4 is 23.2 Å². The molecule has 3 aromatic heterocycles. The first-order valence-corrected chi connectivity index (χ1v) is 15.0. The van der Waals surface area contributed by atoms with E-state index in [1.807, 2.05) is 32.9 Å². The van der Waals surface area contributed by atoms with Crippen molar-refractivity contribution < 1.29 is 22.8 Å². The summed E-state index contributed by atoms with van der Waals surface area (Å²) in [5.41, 5.74) is 5.65. The average molecular weight is 637 g/mol. The molecule has 0 radical (unpaired) electrons. The van der Waals surface area contributed by atoms with Gasteiger partial charge in [-0.15, -0.1) is 0 Å². The molecule has 6 rings (SSSR count). The number of alkyl halides is 3. The molecule has 2 N–H and O–H groups in total. The van der Waals surface area contributed by atoms with Crippen LogP contribution in [-0.4, -0.2) is 31.8 Å². The number of pyridine rings is 2. The molecule has 0 bridgehead atoms. The number of rotatable bonds is 6. The Labute approximate surface area is 269 Å². The normalized spacial score (nSPS) is 14.1. The molecule has 1 unspecified atom stereocenters. The Kier molecular flexibility index (Phi) is 8.31. The number of halogens is 3. The first-order chi connectivity index (χ1) is 22.4. The minimum atomic E-state index is -4.67. The van der Waals surface area contributed by atoms with E-state index >= 15 is 0 Å². The van der Waals surface area contributed by atoms with Crippen LogP contribution in [0.4, 0.5) is 24.5 Å². The largest absolute Gasteiger partial charge is 0.416 e. The molecule has 1 aliphatic carbocycles. The van der Waals surface area contributed by atoms with Gasteiger partial charge in [0.25, 0.3) is 11.8 Å². The molecule has 2 aromatic carbocycles. The Morgan fingerprint density at radius 2 is 1.66 bits per heavy atom. The quantitative estimate of drug-likeness (QED) is 0.197. The van der Waals surface area contributed by atoms with Crippen LogP contribution in [0.5, 0.6) is 0 Å². The molecule has 238 valence electrons. The monoisotopic (exact) mass is 636 g/mol. The number of benzene rings is 2. The minimum Gasteiger partial charge on any atom is -0.322 e. The topological polar surface area (TPSA) is 110 Å². The first-order valence-electron chi connectivity index (χ1n) is 15.0. The standard InChI is InChI=1S/C36H31F3N6O2/c1-19-7-9-26(17-30(19)45-35(47)33-41-13-11-29(44-33)24-6-5-12-40-18-24)43-34(46)25-15-23-8-10-27(32(23)28(16-25)36(37,38)39)31-20(2)14-21(3)42-22(31)4/h5-7,9,11-18,27H,8,10H2,1-4H3,(H,43,46)(H,45,47). The van der Waals surface area contributed by atoms with Gasteiger partial charge < -0.3 is 10.6 Å². The average Bonchev–Trinajstić information content (AvgIpc) is 3.45. The van der Waals surface area contributed by atoms with Gasteiger partial charge in [0.15, 0.2) is 0 Å². The van der Waals surface area contributed by atoms with Crippen molar-refractivity contribution in [3.05, 3.63) is 129 Å². The zero-order valence-corrected chi connectivity index (χ0v) is 26.2. The number of hydrogen-bond donors (Lipinski definition) is 2. The maximum atomic E-state index is 14.5. The van der Waals surface area contributed by atoms with E-state index in [1.165, 1.54) is 6.20 Å². The summed E-state index contributed by atoms with van der Waals surface area (Å²) in [6.45, 7) is 7.36. The SMILES string of the molecule is Cc1cc(C)c(C2CCc3cc(C(=O)Nc4ccc(C)c(NC(=O)c5nccc(-c6cccnc6)n5)c4)cc(C(F)(F)F)c32)c(C)n1. The number of fused-ring (bicyclic) bond motifs is 1. The molecule has 5 aromatic rings.